The highest BCUT2D eigenvalue weighted by Gasteiger charge is 2.28. The molecule has 0 aliphatic carbocycles. The van der Waals surface area contributed by atoms with Gasteiger partial charge in [0.1, 0.15) is 0 Å². The van der Waals surface area contributed by atoms with E-state index in [1.807, 2.05) is 51.1 Å². The van der Waals surface area contributed by atoms with E-state index in [4.69, 9.17) is 0 Å². The molecule has 0 spiro atoms. The molecular formula is C15H24BrNO2S. The summed E-state index contributed by atoms with van der Waals surface area (Å²) < 4.78 is 27.5. The van der Waals surface area contributed by atoms with Crippen molar-refractivity contribution < 1.29 is 8.42 Å². The number of rotatable bonds is 8. The number of halogens is 1. The average molecular weight is 362 g/mol. The van der Waals surface area contributed by atoms with Crippen LogP contribution in [0.25, 0.3) is 0 Å². The SMILES string of the molecule is CCC(C)(CCBr)NS(=O)(=O)CC(C)c1ccccc1. The predicted octanol–water partition coefficient (Wildman–Crippen LogP) is 3.66. The normalized spacial score (nSPS) is 16.6. The van der Waals surface area contributed by atoms with Crippen molar-refractivity contribution in [1.82, 2.24) is 4.72 Å². The summed E-state index contributed by atoms with van der Waals surface area (Å²) in [5.74, 6) is 0.105. The smallest absolute Gasteiger partial charge is 0.212 e. The summed E-state index contributed by atoms with van der Waals surface area (Å²) in [7, 11) is -3.29. The molecule has 0 saturated carbocycles. The van der Waals surface area contributed by atoms with E-state index in [0.29, 0.717) is 0 Å². The lowest BCUT2D eigenvalue weighted by Gasteiger charge is -2.29. The first-order chi connectivity index (χ1) is 9.32. The van der Waals surface area contributed by atoms with E-state index in [-0.39, 0.29) is 17.2 Å². The van der Waals surface area contributed by atoms with Crippen LogP contribution in [0.2, 0.25) is 0 Å². The summed E-state index contributed by atoms with van der Waals surface area (Å²) >= 11 is 3.39. The third kappa shape index (κ3) is 5.54. The van der Waals surface area contributed by atoms with Gasteiger partial charge in [-0.25, -0.2) is 13.1 Å². The van der Waals surface area contributed by atoms with Crippen LogP contribution in [0.15, 0.2) is 30.3 Å². The molecule has 2 unspecified atom stereocenters. The summed E-state index contributed by atoms with van der Waals surface area (Å²) in [5, 5.41) is 0.786. The average Bonchev–Trinajstić information content (AvgIpc) is 2.38. The Morgan fingerprint density at radius 1 is 1.30 bits per heavy atom. The van der Waals surface area contributed by atoms with Crippen molar-refractivity contribution in [2.75, 3.05) is 11.1 Å². The minimum atomic E-state index is -3.29. The number of nitrogens with one attached hydrogen (secondary N) is 1. The Labute approximate surface area is 131 Å². The summed E-state index contributed by atoms with van der Waals surface area (Å²) in [6.07, 6.45) is 1.56. The second-order valence-corrected chi connectivity index (χ2v) is 8.11. The van der Waals surface area contributed by atoms with Gasteiger partial charge in [0.05, 0.1) is 5.75 Å². The van der Waals surface area contributed by atoms with Crippen LogP contribution in [0.4, 0.5) is 0 Å². The Bertz CT molecular complexity index is 504. The maximum absolute atomic E-state index is 12.3. The summed E-state index contributed by atoms with van der Waals surface area (Å²) in [5.41, 5.74) is 0.676. The van der Waals surface area contributed by atoms with Crippen LogP contribution in [0.1, 0.15) is 45.1 Å². The van der Waals surface area contributed by atoms with Crippen molar-refractivity contribution in [1.29, 1.82) is 0 Å². The van der Waals surface area contributed by atoms with E-state index in [1.165, 1.54) is 0 Å². The molecule has 20 heavy (non-hydrogen) atoms. The summed E-state index contributed by atoms with van der Waals surface area (Å²) in [6, 6.07) is 9.75. The zero-order chi connectivity index (χ0) is 15.2. The van der Waals surface area contributed by atoms with Crippen LogP contribution in [0.5, 0.6) is 0 Å². The topological polar surface area (TPSA) is 46.2 Å². The Morgan fingerprint density at radius 2 is 1.90 bits per heavy atom. The van der Waals surface area contributed by atoms with Gasteiger partial charge in [-0.05, 0) is 31.2 Å². The van der Waals surface area contributed by atoms with E-state index in [9.17, 15) is 8.42 Å². The van der Waals surface area contributed by atoms with E-state index < -0.39 is 10.0 Å². The van der Waals surface area contributed by atoms with Gasteiger partial charge < -0.3 is 0 Å². The van der Waals surface area contributed by atoms with Gasteiger partial charge in [0.2, 0.25) is 10.0 Å². The molecule has 0 heterocycles. The fourth-order valence-electron chi connectivity index (χ4n) is 2.13. The Hall–Kier alpha value is -0.390. The van der Waals surface area contributed by atoms with Crippen LogP contribution in [0.3, 0.4) is 0 Å². The summed E-state index contributed by atoms with van der Waals surface area (Å²) in [6.45, 7) is 5.91. The zero-order valence-electron chi connectivity index (χ0n) is 12.4. The molecule has 1 rings (SSSR count). The fraction of sp³-hybridized carbons (Fsp3) is 0.600. The van der Waals surface area contributed by atoms with Crippen LogP contribution in [-0.4, -0.2) is 25.0 Å². The Morgan fingerprint density at radius 3 is 2.40 bits per heavy atom. The first-order valence-corrected chi connectivity index (χ1v) is 9.72. The van der Waals surface area contributed by atoms with Crippen molar-refractivity contribution in [3.8, 4) is 0 Å². The van der Waals surface area contributed by atoms with E-state index in [1.54, 1.807) is 0 Å². The lowest BCUT2D eigenvalue weighted by atomic mass is 9.98. The van der Waals surface area contributed by atoms with Crippen molar-refractivity contribution >= 4 is 26.0 Å². The van der Waals surface area contributed by atoms with Crippen LogP contribution in [0, 0.1) is 0 Å². The molecule has 114 valence electrons. The molecule has 0 aliphatic heterocycles. The molecule has 0 radical (unpaired) electrons. The number of sulfonamides is 1. The second kappa shape index (κ2) is 7.57. The quantitative estimate of drug-likeness (QED) is 0.718. The molecule has 1 aromatic rings. The van der Waals surface area contributed by atoms with Gasteiger partial charge in [-0.2, -0.15) is 0 Å². The van der Waals surface area contributed by atoms with Gasteiger partial charge in [0.25, 0.3) is 0 Å². The van der Waals surface area contributed by atoms with E-state index >= 15 is 0 Å². The number of hydrogen-bond acceptors (Lipinski definition) is 2. The monoisotopic (exact) mass is 361 g/mol. The Kier molecular flexibility index (Phi) is 6.69. The predicted molar refractivity (Wildman–Crippen MR) is 88.9 cm³/mol. The molecule has 2 atom stereocenters. The highest BCUT2D eigenvalue weighted by atomic mass is 79.9. The number of benzene rings is 1. The fourth-order valence-corrected chi connectivity index (χ4v) is 4.94. The van der Waals surface area contributed by atoms with Crippen LogP contribution in [-0.2, 0) is 10.0 Å². The standard InChI is InChI=1S/C15H24BrNO2S/c1-4-15(3,10-11-16)17-20(18,19)12-13(2)14-8-6-5-7-9-14/h5-9,13,17H,4,10-12H2,1-3H3. The molecule has 5 heteroatoms. The highest BCUT2D eigenvalue weighted by molar-refractivity contribution is 9.09. The van der Waals surface area contributed by atoms with Gasteiger partial charge in [0.15, 0.2) is 0 Å². The molecule has 1 aromatic carbocycles. The van der Waals surface area contributed by atoms with E-state index in [2.05, 4.69) is 20.7 Å². The molecule has 0 fully saturated rings. The van der Waals surface area contributed by atoms with Gasteiger partial charge in [-0.15, -0.1) is 0 Å². The first kappa shape index (κ1) is 17.7. The maximum Gasteiger partial charge on any atom is 0.212 e. The van der Waals surface area contributed by atoms with Gasteiger partial charge in [-0.3, -0.25) is 0 Å². The molecule has 1 N–H and O–H groups in total. The van der Waals surface area contributed by atoms with Crippen molar-refractivity contribution in [3.63, 3.8) is 0 Å². The molecule has 0 aromatic heterocycles. The molecule has 0 amide bonds. The molecular weight excluding hydrogens is 338 g/mol. The molecule has 3 nitrogen and oxygen atoms in total. The lowest BCUT2D eigenvalue weighted by Crippen LogP contribution is -2.47. The van der Waals surface area contributed by atoms with Crippen LogP contribution >= 0.6 is 15.9 Å². The zero-order valence-corrected chi connectivity index (χ0v) is 14.8. The van der Waals surface area contributed by atoms with Gasteiger partial charge in [-0.1, -0.05) is 60.1 Å². The van der Waals surface area contributed by atoms with E-state index in [0.717, 1.165) is 23.7 Å². The van der Waals surface area contributed by atoms with Crippen molar-refractivity contribution in [2.24, 2.45) is 0 Å². The molecule has 0 saturated heterocycles. The summed E-state index contributed by atoms with van der Waals surface area (Å²) in [4.78, 5) is 0. The minimum absolute atomic E-state index is 0.0150. The molecule has 0 bridgehead atoms. The Balaban J connectivity index is 2.75. The highest BCUT2D eigenvalue weighted by Crippen LogP contribution is 2.21. The largest absolute Gasteiger partial charge is 0.212 e. The minimum Gasteiger partial charge on any atom is -0.212 e. The number of hydrogen-bond donors (Lipinski definition) is 1. The molecule has 0 aliphatic rings. The van der Waals surface area contributed by atoms with Crippen molar-refractivity contribution in [3.05, 3.63) is 35.9 Å². The third-order valence-electron chi connectivity index (χ3n) is 3.67. The maximum atomic E-state index is 12.3. The third-order valence-corrected chi connectivity index (χ3v) is 5.81. The lowest BCUT2D eigenvalue weighted by molar-refractivity contribution is 0.392. The number of alkyl halides is 1. The first-order valence-electron chi connectivity index (χ1n) is 6.94. The van der Waals surface area contributed by atoms with Crippen LogP contribution < -0.4 is 4.72 Å². The van der Waals surface area contributed by atoms with Gasteiger partial charge in [0, 0.05) is 10.9 Å². The van der Waals surface area contributed by atoms with Gasteiger partial charge >= 0.3 is 0 Å². The van der Waals surface area contributed by atoms with Crippen molar-refractivity contribution in [2.45, 2.75) is 45.1 Å². The second-order valence-electron chi connectivity index (χ2n) is 5.55.